The summed E-state index contributed by atoms with van der Waals surface area (Å²) in [6.07, 6.45) is 1.62. The van der Waals surface area contributed by atoms with Crippen LogP contribution in [0.25, 0.3) is 0 Å². The number of nitro benzene ring substituents is 1. The Hall–Kier alpha value is -1.70. The van der Waals surface area contributed by atoms with Gasteiger partial charge >= 0.3 is 0 Å². The Kier molecular flexibility index (Phi) is 6.11. The minimum absolute atomic E-state index is 0.0198. The largest absolute Gasteiger partial charge is 0.491 e. The first-order valence-electron chi connectivity index (χ1n) is 7.39. The molecular formula is C15H22N2O5. The van der Waals surface area contributed by atoms with Crippen molar-refractivity contribution in [2.24, 2.45) is 0 Å². The summed E-state index contributed by atoms with van der Waals surface area (Å²) in [4.78, 5) is 12.4. The molecule has 2 rings (SSSR count). The van der Waals surface area contributed by atoms with Gasteiger partial charge in [0.2, 0.25) is 0 Å². The smallest absolute Gasteiger partial charge is 0.273 e. The van der Waals surface area contributed by atoms with E-state index in [-0.39, 0.29) is 12.3 Å². The predicted octanol–water partition coefficient (Wildman–Crippen LogP) is 1.45. The van der Waals surface area contributed by atoms with Crippen molar-refractivity contribution in [1.29, 1.82) is 0 Å². The molecule has 0 spiro atoms. The van der Waals surface area contributed by atoms with Crippen LogP contribution in [0.4, 0.5) is 5.69 Å². The van der Waals surface area contributed by atoms with E-state index < -0.39 is 11.0 Å². The Balaban J connectivity index is 1.75. The van der Waals surface area contributed by atoms with Crippen LogP contribution in [0.2, 0.25) is 0 Å². The van der Waals surface area contributed by atoms with Gasteiger partial charge in [-0.2, -0.15) is 0 Å². The van der Waals surface area contributed by atoms with E-state index in [1.165, 1.54) is 12.1 Å². The molecule has 1 aliphatic heterocycles. The number of nitro groups is 1. The van der Waals surface area contributed by atoms with Crippen LogP contribution in [-0.2, 0) is 4.74 Å². The molecule has 1 fully saturated rings. The highest BCUT2D eigenvalue weighted by atomic mass is 16.6. The number of benzene rings is 1. The highest BCUT2D eigenvalue weighted by molar-refractivity contribution is 5.37. The van der Waals surface area contributed by atoms with E-state index >= 15 is 0 Å². The third kappa shape index (κ3) is 4.94. The fourth-order valence-electron chi connectivity index (χ4n) is 2.56. The fraction of sp³-hybridized carbons (Fsp3) is 0.600. The van der Waals surface area contributed by atoms with Crippen molar-refractivity contribution in [3.63, 3.8) is 0 Å². The molecule has 22 heavy (non-hydrogen) atoms. The van der Waals surface area contributed by atoms with Crippen LogP contribution in [-0.4, -0.2) is 60.5 Å². The molecule has 1 aromatic carbocycles. The van der Waals surface area contributed by atoms with Crippen LogP contribution in [0.1, 0.15) is 12.8 Å². The van der Waals surface area contributed by atoms with Crippen LogP contribution < -0.4 is 4.74 Å². The number of rotatable bonds is 7. The van der Waals surface area contributed by atoms with Gasteiger partial charge in [0, 0.05) is 32.8 Å². The summed E-state index contributed by atoms with van der Waals surface area (Å²) in [6, 6.07) is 5.97. The summed E-state index contributed by atoms with van der Waals surface area (Å²) in [5.74, 6) is 0.395. The van der Waals surface area contributed by atoms with E-state index in [1.807, 2.05) is 0 Å². The van der Waals surface area contributed by atoms with Crippen LogP contribution in [0.15, 0.2) is 24.3 Å². The van der Waals surface area contributed by atoms with Gasteiger partial charge in [-0.15, -0.1) is 0 Å². The van der Waals surface area contributed by atoms with Gasteiger partial charge < -0.3 is 19.5 Å². The molecule has 7 heteroatoms. The molecule has 1 aromatic rings. The highest BCUT2D eigenvalue weighted by Gasteiger charge is 2.20. The van der Waals surface area contributed by atoms with Crippen molar-refractivity contribution >= 4 is 5.69 Å². The second-order valence-electron chi connectivity index (χ2n) is 5.45. The number of piperidine rings is 1. The number of hydrogen-bond acceptors (Lipinski definition) is 6. The van der Waals surface area contributed by atoms with E-state index in [0.717, 1.165) is 25.9 Å². The highest BCUT2D eigenvalue weighted by Crippen LogP contribution is 2.19. The third-order valence-electron chi connectivity index (χ3n) is 3.81. The first-order valence-corrected chi connectivity index (χ1v) is 7.39. The minimum atomic E-state index is -0.627. The number of non-ortho nitro benzene ring substituents is 1. The standard InChI is InChI=1S/C15H22N2O5/c1-21-14-5-7-16(8-6-14)10-13(18)11-22-15-4-2-3-12(9-15)17(19)20/h2-4,9,13-14,18H,5-8,10-11H2,1H3. The summed E-state index contributed by atoms with van der Waals surface area (Å²) in [6.45, 7) is 2.44. The second kappa shape index (κ2) is 8.07. The number of hydrogen-bond donors (Lipinski definition) is 1. The Morgan fingerprint density at radius 2 is 2.18 bits per heavy atom. The molecule has 1 heterocycles. The molecule has 1 unspecified atom stereocenters. The SMILES string of the molecule is COC1CCN(CC(O)COc2cccc([N+](=O)[O-])c2)CC1. The molecule has 122 valence electrons. The molecule has 0 radical (unpaired) electrons. The van der Waals surface area contributed by atoms with Crippen molar-refractivity contribution in [3.8, 4) is 5.75 Å². The van der Waals surface area contributed by atoms with Crippen molar-refractivity contribution in [3.05, 3.63) is 34.4 Å². The molecular weight excluding hydrogens is 288 g/mol. The molecule has 0 aromatic heterocycles. The Bertz CT molecular complexity index is 489. The van der Waals surface area contributed by atoms with Crippen LogP contribution in [0, 0.1) is 10.1 Å². The van der Waals surface area contributed by atoms with Crippen molar-refractivity contribution in [1.82, 2.24) is 4.90 Å². The number of likely N-dealkylation sites (tertiary alicyclic amines) is 1. The van der Waals surface area contributed by atoms with E-state index in [9.17, 15) is 15.2 Å². The molecule has 1 N–H and O–H groups in total. The van der Waals surface area contributed by atoms with Gasteiger partial charge in [-0.05, 0) is 18.9 Å². The fourth-order valence-corrected chi connectivity index (χ4v) is 2.56. The van der Waals surface area contributed by atoms with Crippen molar-refractivity contribution in [2.45, 2.75) is 25.0 Å². The van der Waals surface area contributed by atoms with Gasteiger partial charge in [0.15, 0.2) is 0 Å². The normalized spacial score (nSPS) is 18.1. The number of ether oxygens (including phenoxy) is 2. The van der Waals surface area contributed by atoms with Gasteiger partial charge in [0.25, 0.3) is 5.69 Å². The van der Waals surface area contributed by atoms with E-state index in [0.29, 0.717) is 18.4 Å². The molecule has 0 saturated carbocycles. The summed E-state index contributed by atoms with van der Waals surface area (Å²) >= 11 is 0. The maximum atomic E-state index is 10.7. The maximum absolute atomic E-state index is 10.7. The summed E-state index contributed by atoms with van der Waals surface area (Å²) in [5, 5.41) is 20.7. The predicted molar refractivity (Wildman–Crippen MR) is 81.1 cm³/mol. The molecule has 1 atom stereocenters. The van der Waals surface area contributed by atoms with Crippen LogP contribution >= 0.6 is 0 Å². The molecule has 7 nitrogen and oxygen atoms in total. The Morgan fingerprint density at radius 1 is 1.45 bits per heavy atom. The number of aliphatic hydroxyl groups is 1. The lowest BCUT2D eigenvalue weighted by molar-refractivity contribution is -0.384. The van der Waals surface area contributed by atoms with Gasteiger partial charge in [0.1, 0.15) is 18.5 Å². The first-order chi connectivity index (χ1) is 10.6. The van der Waals surface area contributed by atoms with E-state index in [1.54, 1.807) is 19.2 Å². The first kappa shape index (κ1) is 16.7. The molecule has 0 bridgehead atoms. The lowest BCUT2D eigenvalue weighted by Gasteiger charge is -2.32. The molecule has 1 aliphatic rings. The van der Waals surface area contributed by atoms with E-state index in [2.05, 4.69) is 4.90 Å². The zero-order chi connectivity index (χ0) is 15.9. The summed E-state index contributed by atoms with van der Waals surface area (Å²) in [7, 11) is 1.72. The molecule has 1 saturated heterocycles. The van der Waals surface area contributed by atoms with Crippen molar-refractivity contribution < 1.29 is 19.5 Å². The molecule has 0 aliphatic carbocycles. The van der Waals surface area contributed by atoms with Gasteiger partial charge in [0.05, 0.1) is 17.1 Å². The van der Waals surface area contributed by atoms with Gasteiger partial charge in [-0.1, -0.05) is 6.07 Å². The summed E-state index contributed by atoms with van der Waals surface area (Å²) in [5.41, 5.74) is -0.0198. The number of β-amino-alcohol motifs (C(OH)–C–C–N with tert-alkyl or cyclic N) is 1. The van der Waals surface area contributed by atoms with Gasteiger partial charge in [-0.25, -0.2) is 0 Å². The molecule has 0 amide bonds. The zero-order valence-corrected chi connectivity index (χ0v) is 12.7. The third-order valence-corrected chi connectivity index (χ3v) is 3.81. The Morgan fingerprint density at radius 3 is 2.82 bits per heavy atom. The Labute approximate surface area is 129 Å². The van der Waals surface area contributed by atoms with Crippen LogP contribution in [0.3, 0.4) is 0 Å². The second-order valence-corrected chi connectivity index (χ2v) is 5.45. The minimum Gasteiger partial charge on any atom is -0.491 e. The number of aliphatic hydroxyl groups excluding tert-OH is 1. The number of methoxy groups -OCH3 is 1. The van der Waals surface area contributed by atoms with Crippen molar-refractivity contribution in [2.75, 3.05) is 33.4 Å². The zero-order valence-electron chi connectivity index (χ0n) is 12.7. The van der Waals surface area contributed by atoms with Crippen LogP contribution in [0.5, 0.6) is 5.75 Å². The lowest BCUT2D eigenvalue weighted by Crippen LogP contribution is -2.42. The monoisotopic (exact) mass is 310 g/mol. The van der Waals surface area contributed by atoms with E-state index in [4.69, 9.17) is 9.47 Å². The number of nitrogens with zero attached hydrogens (tertiary/aromatic N) is 2. The maximum Gasteiger partial charge on any atom is 0.273 e. The summed E-state index contributed by atoms with van der Waals surface area (Å²) < 4.78 is 10.7. The lowest BCUT2D eigenvalue weighted by atomic mass is 10.1. The van der Waals surface area contributed by atoms with Gasteiger partial charge in [-0.3, -0.25) is 10.1 Å². The average Bonchev–Trinajstić information content (AvgIpc) is 2.54. The quantitative estimate of drug-likeness (QED) is 0.606. The topological polar surface area (TPSA) is 85.1 Å². The average molecular weight is 310 g/mol.